The van der Waals surface area contributed by atoms with Crippen molar-refractivity contribution in [2.24, 2.45) is 17.4 Å². The monoisotopic (exact) mass is 268 g/mol. The molecule has 2 amide bonds. The zero-order valence-corrected chi connectivity index (χ0v) is 10.7. The Hall–Kier alpha value is -1.54. The molecule has 0 aromatic heterocycles. The third kappa shape index (κ3) is 29.3. The predicted octanol–water partition coefficient (Wildman–Crippen LogP) is 0.412. The first-order valence-electron chi connectivity index (χ1n) is 5.48. The fourth-order valence-corrected chi connectivity index (χ4v) is 1.05. The van der Waals surface area contributed by atoms with Crippen LogP contribution in [0.5, 0.6) is 0 Å². The number of hydrogen-bond acceptors (Lipinski definition) is 4. The minimum Gasteiger partial charge on any atom is -0.465 e. The van der Waals surface area contributed by atoms with Gasteiger partial charge >= 0.3 is 12.2 Å². The van der Waals surface area contributed by atoms with Gasteiger partial charge in [0.2, 0.25) is 0 Å². The predicted molar refractivity (Wildman–Crippen MR) is 66.2 cm³/mol. The molecule has 2 atom stereocenters. The minimum absolute atomic E-state index is 0.0833. The quantitative estimate of drug-likeness (QED) is 0.422. The van der Waals surface area contributed by atoms with Crippen LogP contribution in [-0.2, 0) is 0 Å². The Labute approximate surface area is 106 Å². The highest BCUT2D eigenvalue weighted by molar-refractivity contribution is 5.61. The normalized spacial score (nSPS) is 12.0. The summed E-state index contributed by atoms with van der Waals surface area (Å²) in [7, 11) is 0. The van der Waals surface area contributed by atoms with Gasteiger partial charge in [-0.15, -0.1) is 0 Å². The molecular formula is C10H24N2O6. The largest absolute Gasteiger partial charge is 0.465 e. The van der Waals surface area contributed by atoms with Crippen molar-refractivity contribution in [3.63, 3.8) is 0 Å². The zero-order valence-electron chi connectivity index (χ0n) is 10.7. The molecule has 8 heteroatoms. The molecule has 18 heavy (non-hydrogen) atoms. The van der Waals surface area contributed by atoms with Crippen LogP contribution in [0, 0.1) is 5.92 Å². The van der Waals surface area contributed by atoms with Crippen molar-refractivity contribution in [3.05, 3.63) is 0 Å². The lowest BCUT2D eigenvalue weighted by Crippen LogP contribution is -2.22. The highest BCUT2D eigenvalue weighted by Gasteiger charge is 2.14. The molecule has 110 valence electrons. The maximum absolute atomic E-state index is 9.35. The lowest BCUT2D eigenvalue weighted by molar-refractivity contribution is 0.0584. The standard InChI is InChI=1S/C8H18O2.2CH3NO2/c1-3-5-8(10)7(4-2)6-9;2*2-1(3)4/h7-10H,3-6H2,1-2H3;2*2H2,(H,3,4). The van der Waals surface area contributed by atoms with Crippen molar-refractivity contribution in [1.29, 1.82) is 0 Å². The minimum atomic E-state index is -1.33. The molecule has 0 aliphatic heterocycles. The smallest absolute Gasteiger partial charge is 0.402 e. The van der Waals surface area contributed by atoms with Crippen LogP contribution in [0.4, 0.5) is 9.59 Å². The fourth-order valence-electron chi connectivity index (χ4n) is 1.05. The Morgan fingerprint density at radius 3 is 1.61 bits per heavy atom. The highest BCUT2D eigenvalue weighted by atomic mass is 16.4. The molecule has 0 bridgehead atoms. The van der Waals surface area contributed by atoms with Gasteiger partial charge in [0.05, 0.1) is 6.10 Å². The van der Waals surface area contributed by atoms with E-state index in [9.17, 15) is 5.11 Å². The van der Waals surface area contributed by atoms with Gasteiger partial charge in [0, 0.05) is 12.5 Å². The molecule has 0 rings (SSSR count). The second-order valence-electron chi connectivity index (χ2n) is 3.38. The van der Waals surface area contributed by atoms with E-state index in [0.717, 1.165) is 19.3 Å². The first-order valence-corrected chi connectivity index (χ1v) is 5.48. The summed E-state index contributed by atoms with van der Waals surface area (Å²) in [6.45, 7) is 4.13. The molecule has 0 fully saturated rings. The van der Waals surface area contributed by atoms with Crippen LogP contribution in [0.25, 0.3) is 0 Å². The van der Waals surface area contributed by atoms with E-state index in [4.69, 9.17) is 24.9 Å². The van der Waals surface area contributed by atoms with Gasteiger partial charge in [-0.3, -0.25) is 0 Å². The van der Waals surface area contributed by atoms with Gasteiger partial charge in [0.25, 0.3) is 0 Å². The lowest BCUT2D eigenvalue weighted by atomic mass is 9.97. The molecule has 0 heterocycles. The molecule has 0 saturated heterocycles. The van der Waals surface area contributed by atoms with Crippen LogP contribution in [0.2, 0.25) is 0 Å². The van der Waals surface area contributed by atoms with E-state index >= 15 is 0 Å². The molecule has 0 aromatic rings. The summed E-state index contributed by atoms with van der Waals surface area (Å²) in [6.07, 6.45) is -0.325. The van der Waals surface area contributed by atoms with Crippen LogP contribution < -0.4 is 11.5 Å². The van der Waals surface area contributed by atoms with Crippen molar-refractivity contribution >= 4 is 12.2 Å². The van der Waals surface area contributed by atoms with Crippen molar-refractivity contribution < 1.29 is 30.0 Å². The van der Waals surface area contributed by atoms with Crippen LogP contribution >= 0.6 is 0 Å². The number of carboxylic acid groups (broad SMARTS) is 2. The second kappa shape index (κ2) is 15.5. The van der Waals surface area contributed by atoms with Gasteiger partial charge in [-0.2, -0.15) is 0 Å². The zero-order chi connectivity index (χ0) is 15.1. The molecule has 0 spiro atoms. The summed E-state index contributed by atoms with van der Waals surface area (Å²) in [6, 6.07) is 0. The van der Waals surface area contributed by atoms with Crippen molar-refractivity contribution in [2.75, 3.05) is 6.61 Å². The average molecular weight is 268 g/mol. The maximum Gasteiger partial charge on any atom is 0.402 e. The Kier molecular flexibility index (Phi) is 18.7. The van der Waals surface area contributed by atoms with E-state index in [-0.39, 0.29) is 18.6 Å². The molecule has 0 aliphatic carbocycles. The van der Waals surface area contributed by atoms with E-state index in [1.54, 1.807) is 0 Å². The van der Waals surface area contributed by atoms with E-state index in [1.807, 2.05) is 13.8 Å². The fraction of sp³-hybridized carbons (Fsp3) is 0.800. The Morgan fingerprint density at radius 2 is 1.44 bits per heavy atom. The van der Waals surface area contributed by atoms with Gasteiger partial charge in [0.1, 0.15) is 0 Å². The van der Waals surface area contributed by atoms with Crippen LogP contribution in [0.15, 0.2) is 0 Å². The lowest BCUT2D eigenvalue weighted by Gasteiger charge is -2.17. The molecule has 0 saturated carbocycles. The van der Waals surface area contributed by atoms with Crippen molar-refractivity contribution in [1.82, 2.24) is 0 Å². The van der Waals surface area contributed by atoms with E-state index in [2.05, 4.69) is 11.5 Å². The molecule has 8 N–H and O–H groups in total. The number of amides is 2. The van der Waals surface area contributed by atoms with Gasteiger partial charge in [-0.1, -0.05) is 20.3 Å². The number of aliphatic hydroxyl groups excluding tert-OH is 2. The third-order valence-corrected chi connectivity index (χ3v) is 1.89. The number of rotatable bonds is 5. The third-order valence-electron chi connectivity index (χ3n) is 1.89. The average Bonchev–Trinajstić information content (AvgIpc) is 2.18. The summed E-state index contributed by atoms with van der Waals surface area (Å²) in [5.74, 6) is 0.0833. The topological polar surface area (TPSA) is 167 Å². The second-order valence-corrected chi connectivity index (χ2v) is 3.38. The molecule has 0 radical (unpaired) electrons. The summed E-state index contributed by atoms with van der Waals surface area (Å²) in [5, 5.41) is 32.5. The van der Waals surface area contributed by atoms with E-state index in [0.29, 0.717) is 0 Å². The van der Waals surface area contributed by atoms with Crippen molar-refractivity contribution in [3.8, 4) is 0 Å². The van der Waals surface area contributed by atoms with Crippen LogP contribution in [-0.4, -0.2) is 45.3 Å². The first-order chi connectivity index (χ1) is 8.22. The highest BCUT2D eigenvalue weighted by Crippen LogP contribution is 2.11. The molecule has 2 unspecified atom stereocenters. The molecule has 8 nitrogen and oxygen atoms in total. The van der Waals surface area contributed by atoms with Crippen LogP contribution in [0.1, 0.15) is 33.1 Å². The Bertz CT molecular complexity index is 189. The number of carbonyl (C=O) groups is 2. The van der Waals surface area contributed by atoms with E-state index < -0.39 is 12.2 Å². The Balaban J connectivity index is -0.000000233. The first kappa shape index (κ1) is 21.7. The van der Waals surface area contributed by atoms with Crippen molar-refractivity contribution in [2.45, 2.75) is 39.2 Å². The summed E-state index contributed by atoms with van der Waals surface area (Å²) in [5.41, 5.74) is 8.06. The molecule has 0 aliphatic rings. The number of nitrogens with two attached hydrogens (primary N) is 2. The van der Waals surface area contributed by atoms with Gasteiger partial charge in [-0.05, 0) is 12.8 Å². The van der Waals surface area contributed by atoms with E-state index in [1.165, 1.54) is 0 Å². The van der Waals surface area contributed by atoms with Crippen LogP contribution in [0.3, 0.4) is 0 Å². The number of aliphatic hydroxyl groups is 2. The summed E-state index contributed by atoms with van der Waals surface area (Å²) >= 11 is 0. The molecule has 0 aromatic carbocycles. The summed E-state index contributed by atoms with van der Waals surface area (Å²) < 4.78 is 0. The molecular weight excluding hydrogens is 244 g/mol. The van der Waals surface area contributed by atoms with Gasteiger partial charge < -0.3 is 31.9 Å². The summed E-state index contributed by atoms with van der Waals surface area (Å²) in [4.78, 5) is 17.6. The number of hydrogen-bond donors (Lipinski definition) is 6. The SMILES string of the molecule is CCCC(O)C(CC)CO.NC(=O)O.NC(=O)O. The van der Waals surface area contributed by atoms with Gasteiger partial charge in [0.15, 0.2) is 0 Å². The van der Waals surface area contributed by atoms with Gasteiger partial charge in [-0.25, -0.2) is 9.59 Å². The maximum atomic E-state index is 9.35. The Morgan fingerprint density at radius 1 is 1.11 bits per heavy atom. The number of primary amides is 2.